The summed E-state index contributed by atoms with van der Waals surface area (Å²) in [6, 6.07) is 5.00. The number of piperazine rings is 1. The van der Waals surface area contributed by atoms with Gasteiger partial charge in [-0.25, -0.2) is 11.0 Å². The van der Waals surface area contributed by atoms with Crippen LogP contribution >= 0.6 is 0 Å². The number of ether oxygens (including phenoxy) is 2. The van der Waals surface area contributed by atoms with Crippen molar-refractivity contribution in [3.05, 3.63) is 71.7 Å². The van der Waals surface area contributed by atoms with Crippen LogP contribution in [0.1, 0.15) is 24.1 Å². The van der Waals surface area contributed by atoms with Crippen molar-refractivity contribution in [3.63, 3.8) is 0 Å². The molecule has 1 amide bonds. The number of rotatable bonds is 9. The molecule has 10 nitrogen and oxygen atoms in total. The molecule has 3 aromatic rings. The van der Waals surface area contributed by atoms with Crippen LogP contribution in [0.3, 0.4) is 0 Å². The van der Waals surface area contributed by atoms with Gasteiger partial charge in [0.1, 0.15) is 24.3 Å². The molecule has 2 aromatic heterocycles. The van der Waals surface area contributed by atoms with Gasteiger partial charge in [0.15, 0.2) is 0 Å². The fraction of sp³-hybridized carbons (Fsp3) is 0.433. The minimum absolute atomic E-state index is 0.172. The lowest BCUT2D eigenvalue weighted by molar-refractivity contribution is -0.128. The molecule has 1 atom stereocenters. The van der Waals surface area contributed by atoms with Crippen LogP contribution in [0.5, 0.6) is 6.01 Å². The van der Waals surface area contributed by atoms with Gasteiger partial charge in [-0.15, -0.1) is 0 Å². The molecule has 0 spiro atoms. The van der Waals surface area contributed by atoms with Crippen LogP contribution in [0.25, 0.3) is 15.6 Å². The minimum Gasteiger partial charge on any atom is -0.461 e. The lowest BCUT2D eigenvalue weighted by atomic mass is 10.0. The number of pyridine rings is 1. The van der Waals surface area contributed by atoms with Gasteiger partial charge in [0.25, 0.3) is 0 Å². The smallest absolute Gasteiger partial charge is 0.318 e. The Morgan fingerprint density at radius 1 is 1.17 bits per heavy atom. The Balaban J connectivity index is 1.31. The van der Waals surface area contributed by atoms with Crippen molar-refractivity contribution < 1.29 is 18.7 Å². The molecule has 0 bridgehead atoms. The van der Waals surface area contributed by atoms with Gasteiger partial charge in [0.05, 0.1) is 36.8 Å². The monoisotopic (exact) mass is 557 g/mol. The molecule has 4 heterocycles. The molecule has 1 unspecified atom stereocenters. The molecular formula is C30H32FN7O3. The molecule has 0 radical (unpaired) electrons. The van der Waals surface area contributed by atoms with Crippen molar-refractivity contribution in [3.8, 4) is 6.01 Å². The second-order valence-corrected chi connectivity index (χ2v) is 10.5. The second-order valence-electron chi connectivity index (χ2n) is 10.5. The highest BCUT2D eigenvalue weighted by Crippen LogP contribution is 2.35. The first-order valence-corrected chi connectivity index (χ1v) is 14.0. The number of hydrogen-bond acceptors (Lipinski definition) is 8. The van der Waals surface area contributed by atoms with E-state index in [0.29, 0.717) is 63.8 Å². The number of aromatic nitrogens is 3. The van der Waals surface area contributed by atoms with Gasteiger partial charge in [-0.3, -0.25) is 9.78 Å². The molecule has 212 valence electrons. The number of anilines is 2. The minimum atomic E-state index is -0.286. The summed E-state index contributed by atoms with van der Waals surface area (Å²) in [6.45, 7) is 14.6. The van der Waals surface area contributed by atoms with Crippen LogP contribution in [-0.2, 0) is 22.5 Å². The third-order valence-corrected chi connectivity index (χ3v) is 7.81. The molecule has 1 aliphatic carbocycles. The molecule has 11 heteroatoms. The van der Waals surface area contributed by atoms with Crippen molar-refractivity contribution in [2.45, 2.75) is 38.0 Å². The fourth-order valence-corrected chi connectivity index (χ4v) is 5.63. The first-order chi connectivity index (χ1) is 20.1. The van der Waals surface area contributed by atoms with E-state index in [1.807, 2.05) is 6.07 Å². The van der Waals surface area contributed by atoms with E-state index in [9.17, 15) is 9.18 Å². The third-order valence-electron chi connectivity index (χ3n) is 7.81. The highest BCUT2D eigenvalue weighted by Gasteiger charge is 2.35. The number of carbonyl (C=O) groups is 1. The van der Waals surface area contributed by atoms with E-state index in [-0.39, 0.29) is 30.3 Å². The summed E-state index contributed by atoms with van der Waals surface area (Å²) in [4.78, 5) is 36.0. The van der Waals surface area contributed by atoms with Crippen LogP contribution in [-0.4, -0.2) is 83.8 Å². The number of amides is 1. The average Bonchev–Trinajstić information content (AvgIpc) is 3.83. The first-order valence-electron chi connectivity index (χ1n) is 14.0. The van der Waals surface area contributed by atoms with Crippen molar-refractivity contribution in [2.24, 2.45) is 0 Å². The maximum absolute atomic E-state index is 14.9. The number of fused-ring (bicyclic) bond motifs is 2. The van der Waals surface area contributed by atoms with Crippen molar-refractivity contribution in [1.29, 1.82) is 0 Å². The highest BCUT2D eigenvalue weighted by molar-refractivity contribution is 5.94. The standard InChI is InChI=1S/C30H32FN7O3/c1-3-27(39)38-12-11-37(18-21(38)16-32-2)29-23-9-10-36(26-17-33-15-20-5-4-6-24(31)28(20)26)19-25(23)34-30(35-29)41-14-13-40-22-7-8-22/h3-6,15,17,21-22H,1,7-14,16,18-19H2. The summed E-state index contributed by atoms with van der Waals surface area (Å²) in [5.41, 5.74) is 2.53. The van der Waals surface area contributed by atoms with Crippen LogP contribution in [0, 0.1) is 12.4 Å². The number of halogens is 1. The Kier molecular flexibility index (Phi) is 7.65. The predicted molar refractivity (Wildman–Crippen MR) is 152 cm³/mol. The van der Waals surface area contributed by atoms with Gasteiger partial charge in [0.2, 0.25) is 12.5 Å². The Labute approximate surface area is 238 Å². The summed E-state index contributed by atoms with van der Waals surface area (Å²) in [7, 11) is 0. The number of carbonyl (C=O) groups excluding carboxylic acids is 1. The summed E-state index contributed by atoms with van der Waals surface area (Å²) in [6.07, 6.45) is 7.82. The average molecular weight is 558 g/mol. The summed E-state index contributed by atoms with van der Waals surface area (Å²) >= 11 is 0. The van der Waals surface area contributed by atoms with Gasteiger partial charge in [-0.2, -0.15) is 9.97 Å². The fourth-order valence-electron chi connectivity index (χ4n) is 5.63. The van der Waals surface area contributed by atoms with E-state index in [2.05, 4.69) is 26.2 Å². The molecule has 0 N–H and O–H groups in total. The van der Waals surface area contributed by atoms with E-state index < -0.39 is 0 Å². The molecule has 41 heavy (non-hydrogen) atoms. The Morgan fingerprint density at radius 3 is 2.85 bits per heavy atom. The zero-order valence-corrected chi connectivity index (χ0v) is 22.8. The zero-order valence-electron chi connectivity index (χ0n) is 22.8. The van der Waals surface area contributed by atoms with Crippen molar-refractivity contribution in [2.75, 3.05) is 55.7 Å². The molecule has 2 aliphatic heterocycles. The number of benzene rings is 1. The quantitative estimate of drug-likeness (QED) is 0.225. The highest BCUT2D eigenvalue weighted by atomic mass is 19.1. The Bertz CT molecular complexity index is 1500. The third kappa shape index (κ3) is 5.65. The Morgan fingerprint density at radius 2 is 2.05 bits per heavy atom. The maximum atomic E-state index is 14.9. The SMILES string of the molecule is [C-]#[N+]CC1CN(c2nc(OCCOC3CC3)nc3c2CCN(c2cncc4cccc(F)c24)C3)CCN1C(=O)C=C. The zero-order chi connectivity index (χ0) is 28.3. The predicted octanol–water partition coefficient (Wildman–Crippen LogP) is 3.41. The molecule has 2 fully saturated rings. The summed E-state index contributed by atoms with van der Waals surface area (Å²) in [5.74, 6) is 0.302. The van der Waals surface area contributed by atoms with Gasteiger partial charge in [0, 0.05) is 48.7 Å². The van der Waals surface area contributed by atoms with Crippen LogP contribution < -0.4 is 14.5 Å². The second kappa shape index (κ2) is 11.7. The van der Waals surface area contributed by atoms with E-state index in [1.54, 1.807) is 23.4 Å². The lowest BCUT2D eigenvalue weighted by Gasteiger charge is -2.41. The molecule has 1 saturated carbocycles. The van der Waals surface area contributed by atoms with Gasteiger partial charge >= 0.3 is 6.01 Å². The van der Waals surface area contributed by atoms with Crippen LogP contribution in [0.2, 0.25) is 0 Å². The summed E-state index contributed by atoms with van der Waals surface area (Å²) in [5, 5.41) is 1.29. The van der Waals surface area contributed by atoms with Gasteiger partial charge in [-0.1, -0.05) is 18.7 Å². The van der Waals surface area contributed by atoms with Crippen LogP contribution in [0.4, 0.5) is 15.9 Å². The number of hydrogen-bond donors (Lipinski definition) is 0. The maximum Gasteiger partial charge on any atom is 0.318 e. The van der Waals surface area contributed by atoms with Gasteiger partial charge in [-0.05, 0) is 31.4 Å². The molecular weight excluding hydrogens is 525 g/mol. The first kappa shape index (κ1) is 26.9. The number of nitrogens with zero attached hydrogens (tertiary/aromatic N) is 7. The largest absolute Gasteiger partial charge is 0.461 e. The molecule has 3 aliphatic rings. The topological polar surface area (TPSA) is 88.3 Å². The van der Waals surface area contributed by atoms with E-state index in [4.69, 9.17) is 26.0 Å². The van der Waals surface area contributed by atoms with E-state index >= 15 is 0 Å². The molecule has 1 saturated heterocycles. The Hall–Kier alpha value is -4.30. The molecule has 6 rings (SSSR count). The van der Waals surface area contributed by atoms with E-state index in [0.717, 1.165) is 41.0 Å². The lowest BCUT2D eigenvalue weighted by Crippen LogP contribution is -2.56. The molecule has 1 aromatic carbocycles. The van der Waals surface area contributed by atoms with Gasteiger partial charge < -0.3 is 29.0 Å². The normalized spacial score (nSPS) is 18.6. The van der Waals surface area contributed by atoms with Crippen LogP contribution in [0.15, 0.2) is 43.2 Å². The van der Waals surface area contributed by atoms with Crippen molar-refractivity contribution in [1.82, 2.24) is 19.9 Å². The van der Waals surface area contributed by atoms with Crippen molar-refractivity contribution >= 4 is 28.2 Å². The summed E-state index contributed by atoms with van der Waals surface area (Å²) < 4.78 is 26.6. The van der Waals surface area contributed by atoms with E-state index in [1.165, 1.54) is 12.1 Å².